The fourth-order valence-electron chi connectivity index (χ4n) is 0.932. The summed E-state index contributed by atoms with van der Waals surface area (Å²) in [6, 6.07) is 1.77. The van der Waals surface area contributed by atoms with Crippen molar-refractivity contribution in [2.24, 2.45) is 0 Å². The highest BCUT2D eigenvalue weighted by molar-refractivity contribution is 5.22. The molecule has 1 N–H and O–H groups in total. The zero-order chi connectivity index (χ0) is 9.84. The first-order valence-electron chi connectivity index (χ1n) is 4.18. The molecular formula is C9H11N3O. The van der Waals surface area contributed by atoms with E-state index in [1.165, 1.54) is 6.20 Å². The second-order valence-electron chi connectivity index (χ2n) is 2.93. The molecule has 0 aliphatic heterocycles. The Hall–Kier alpha value is -1.63. The van der Waals surface area contributed by atoms with Gasteiger partial charge in [0.1, 0.15) is 17.5 Å². The topological polar surface area (TPSA) is 69.5 Å². The summed E-state index contributed by atoms with van der Waals surface area (Å²) in [7, 11) is 0. The maximum atomic E-state index is 11.2. The molecular weight excluding hydrogens is 166 g/mol. The predicted molar refractivity (Wildman–Crippen MR) is 48.3 cm³/mol. The van der Waals surface area contributed by atoms with Gasteiger partial charge in [-0.3, -0.25) is 4.79 Å². The smallest absolute Gasteiger partial charge is 0.268 e. The largest absolute Gasteiger partial charge is 0.309 e. The molecule has 0 aromatic carbocycles. The molecule has 1 aromatic rings. The van der Waals surface area contributed by atoms with Gasteiger partial charge in [0.2, 0.25) is 0 Å². The first-order chi connectivity index (χ1) is 6.19. The van der Waals surface area contributed by atoms with Crippen molar-refractivity contribution in [2.75, 3.05) is 0 Å². The minimum atomic E-state index is -0.354. The van der Waals surface area contributed by atoms with E-state index in [9.17, 15) is 4.79 Å². The normalized spacial score (nSPS) is 12.1. The minimum Gasteiger partial charge on any atom is -0.309 e. The van der Waals surface area contributed by atoms with Crippen molar-refractivity contribution in [1.82, 2.24) is 9.97 Å². The lowest BCUT2D eigenvalue weighted by atomic mass is 10.1. The Morgan fingerprint density at radius 2 is 2.46 bits per heavy atom. The molecule has 0 fully saturated rings. The van der Waals surface area contributed by atoms with E-state index < -0.39 is 0 Å². The lowest BCUT2D eigenvalue weighted by Gasteiger charge is -2.05. The molecule has 4 heteroatoms. The van der Waals surface area contributed by atoms with Gasteiger partial charge < -0.3 is 4.98 Å². The van der Waals surface area contributed by atoms with Gasteiger partial charge in [0, 0.05) is 5.92 Å². The van der Waals surface area contributed by atoms with Crippen LogP contribution in [0.4, 0.5) is 0 Å². The summed E-state index contributed by atoms with van der Waals surface area (Å²) in [4.78, 5) is 17.8. The molecule has 0 spiro atoms. The molecule has 13 heavy (non-hydrogen) atoms. The summed E-state index contributed by atoms with van der Waals surface area (Å²) in [5.41, 5.74) is -0.292. The third-order valence-electron chi connectivity index (χ3n) is 2.02. The summed E-state index contributed by atoms with van der Waals surface area (Å²) in [5, 5.41) is 8.50. The summed E-state index contributed by atoms with van der Waals surface area (Å²) in [6.45, 7) is 3.99. The SMILES string of the molecule is CCC(C)c1ncc(C#N)c(=O)[nH]1. The van der Waals surface area contributed by atoms with Crippen LogP contribution in [0.15, 0.2) is 11.0 Å². The Kier molecular flexibility index (Phi) is 2.80. The molecule has 1 aromatic heterocycles. The van der Waals surface area contributed by atoms with Crippen molar-refractivity contribution in [3.05, 3.63) is 27.9 Å². The van der Waals surface area contributed by atoms with Gasteiger partial charge in [0.05, 0.1) is 6.20 Å². The van der Waals surface area contributed by atoms with Gasteiger partial charge in [0.25, 0.3) is 5.56 Å². The van der Waals surface area contributed by atoms with Crippen LogP contribution in [0.3, 0.4) is 0 Å². The van der Waals surface area contributed by atoms with E-state index in [4.69, 9.17) is 5.26 Å². The zero-order valence-corrected chi connectivity index (χ0v) is 7.66. The van der Waals surface area contributed by atoms with Crippen LogP contribution in [0.5, 0.6) is 0 Å². The van der Waals surface area contributed by atoms with Gasteiger partial charge in [-0.25, -0.2) is 4.98 Å². The number of aromatic nitrogens is 2. The first-order valence-corrected chi connectivity index (χ1v) is 4.18. The fraction of sp³-hybridized carbons (Fsp3) is 0.444. The van der Waals surface area contributed by atoms with Crippen LogP contribution in [0.25, 0.3) is 0 Å². The van der Waals surface area contributed by atoms with Crippen molar-refractivity contribution in [2.45, 2.75) is 26.2 Å². The van der Waals surface area contributed by atoms with E-state index in [1.54, 1.807) is 6.07 Å². The van der Waals surface area contributed by atoms with E-state index in [0.29, 0.717) is 5.82 Å². The molecule has 0 radical (unpaired) electrons. The van der Waals surface area contributed by atoms with E-state index >= 15 is 0 Å². The van der Waals surface area contributed by atoms with Gasteiger partial charge in [-0.1, -0.05) is 13.8 Å². The lowest BCUT2D eigenvalue weighted by molar-refractivity contribution is 0.673. The highest BCUT2D eigenvalue weighted by Gasteiger charge is 2.06. The molecule has 0 aliphatic carbocycles. The van der Waals surface area contributed by atoms with Crippen LogP contribution in [0, 0.1) is 11.3 Å². The third kappa shape index (κ3) is 1.94. The van der Waals surface area contributed by atoms with E-state index in [0.717, 1.165) is 6.42 Å². The Bertz CT molecular complexity index is 389. The second kappa shape index (κ2) is 3.85. The fourth-order valence-corrected chi connectivity index (χ4v) is 0.932. The summed E-state index contributed by atoms with van der Waals surface area (Å²) < 4.78 is 0. The molecule has 0 saturated carbocycles. The molecule has 0 bridgehead atoms. The summed E-state index contributed by atoms with van der Waals surface area (Å²) in [6.07, 6.45) is 2.23. The van der Waals surface area contributed by atoms with Crippen molar-refractivity contribution in [3.63, 3.8) is 0 Å². The van der Waals surface area contributed by atoms with Crippen LogP contribution in [-0.2, 0) is 0 Å². The van der Waals surface area contributed by atoms with Gasteiger partial charge >= 0.3 is 0 Å². The molecule has 0 saturated heterocycles. The van der Waals surface area contributed by atoms with Gasteiger partial charge in [-0.05, 0) is 6.42 Å². The number of nitriles is 1. The second-order valence-corrected chi connectivity index (χ2v) is 2.93. The van der Waals surface area contributed by atoms with Crippen LogP contribution >= 0.6 is 0 Å². The minimum absolute atomic E-state index is 0.0621. The molecule has 0 aliphatic rings. The number of hydrogen-bond acceptors (Lipinski definition) is 3. The average Bonchev–Trinajstić information content (AvgIpc) is 2.16. The maximum Gasteiger partial charge on any atom is 0.268 e. The van der Waals surface area contributed by atoms with Gasteiger partial charge in [-0.15, -0.1) is 0 Å². The van der Waals surface area contributed by atoms with Crippen LogP contribution in [0.2, 0.25) is 0 Å². The Morgan fingerprint density at radius 3 is 2.92 bits per heavy atom. The Morgan fingerprint density at radius 1 is 1.77 bits per heavy atom. The van der Waals surface area contributed by atoms with E-state index in [-0.39, 0.29) is 17.0 Å². The number of aromatic amines is 1. The standard InChI is InChI=1S/C9H11N3O/c1-3-6(2)8-11-5-7(4-10)9(13)12-8/h5-6H,3H2,1-2H3,(H,11,12,13). The van der Waals surface area contributed by atoms with Crippen molar-refractivity contribution >= 4 is 0 Å². The van der Waals surface area contributed by atoms with Gasteiger partial charge in [0.15, 0.2) is 0 Å². The summed E-state index contributed by atoms with van der Waals surface area (Å²) in [5.74, 6) is 0.868. The van der Waals surface area contributed by atoms with Crippen molar-refractivity contribution < 1.29 is 0 Å². The van der Waals surface area contributed by atoms with Crippen LogP contribution < -0.4 is 5.56 Å². The number of H-pyrrole nitrogens is 1. The Balaban J connectivity index is 3.12. The number of rotatable bonds is 2. The summed E-state index contributed by atoms with van der Waals surface area (Å²) >= 11 is 0. The monoisotopic (exact) mass is 177 g/mol. The third-order valence-corrected chi connectivity index (χ3v) is 2.02. The molecule has 1 atom stereocenters. The van der Waals surface area contributed by atoms with Crippen LogP contribution in [0.1, 0.15) is 37.6 Å². The molecule has 68 valence electrons. The highest BCUT2D eigenvalue weighted by atomic mass is 16.1. The Labute approximate surface area is 76.2 Å². The van der Waals surface area contributed by atoms with Crippen molar-refractivity contribution in [3.8, 4) is 6.07 Å². The van der Waals surface area contributed by atoms with E-state index in [1.807, 2.05) is 13.8 Å². The van der Waals surface area contributed by atoms with Gasteiger partial charge in [-0.2, -0.15) is 5.26 Å². The van der Waals surface area contributed by atoms with Crippen molar-refractivity contribution in [1.29, 1.82) is 5.26 Å². The van der Waals surface area contributed by atoms with E-state index in [2.05, 4.69) is 9.97 Å². The number of hydrogen-bond donors (Lipinski definition) is 1. The highest BCUT2D eigenvalue weighted by Crippen LogP contribution is 2.11. The lowest BCUT2D eigenvalue weighted by Crippen LogP contribution is -2.15. The molecule has 1 rings (SSSR count). The zero-order valence-electron chi connectivity index (χ0n) is 7.66. The average molecular weight is 177 g/mol. The first kappa shape index (κ1) is 9.46. The quantitative estimate of drug-likeness (QED) is 0.736. The maximum absolute atomic E-state index is 11.2. The molecule has 1 unspecified atom stereocenters. The molecule has 1 heterocycles. The molecule has 4 nitrogen and oxygen atoms in total. The van der Waals surface area contributed by atoms with Crippen LogP contribution in [-0.4, -0.2) is 9.97 Å². The predicted octanol–water partition coefficient (Wildman–Crippen LogP) is 1.16. The molecule has 0 amide bonds. The number of nitrogens with zero attached hydrogens (tertiary/aromatic N) is 2. The number of nitrogens with one attached hydrogen (secondary N) is 1.